The van der Waals surface area contributed by atoms with Crippen LogP contribution in [0, 0.1) is 13.8 Å². The number of nitrogens with one attached hydrogen (secondary N) is 1. The molecule has 1 aromatic rings. The molecule has 0 aromatic carbocycles. The van der Waals surface area contributed by atoms with Gasteiger partial charge < -0.3 is 5.32 Å². The lowest BCUT2D eigenvalue weighted by molar-refractivity contribution is 0.262. The molecule has 1 aliphatic heterocycles. The standard InChI is InChI=1S/C13H23N3O2S2/c1-4-9-16(12-5-7-14-8-6-12)20(17,18)13-10(2)15-11(3)19-13/h12,14H,4-9H2,1-3H3. The summed E-state index contributed by atoms with van der Waals surface area (Å²) in [5, 5.41) is 4.10. The highest BCUT2D eigenvalue weighted by atomic mass is 32.2. The van der Waals surface area contributed by atoms with Crippen molar-refractivity contribution < 1.29 is 8.42 Å². The first-order chi connectivity index (χ1) is 9.46. The molecule has 0 spiro atoms. The predicted octanol–water partition coefficient (Wildman–Crippen LogP) is 1.91. The minimum Gasteiger partial charge on any atom is -0.317 e. The molecule has 7 heteroatoms. The van der Waals surface area contributed by atoms with Gasteiger partial charge in [0.1, 0.15) is 0 Å². The van der Waals surface area contributed by atoms with Crippen LogP contribution in [-0.2, 0) is 10.0 Å². The lowest BCUT2D eigenvalue weighted by Gasteiger charge is -2.33. The molecule has 5 nitrogen and oxygen atoms in total. The molecular formula is C13H23N3O2S2. The van der Waals surface area contributed by atoms with Crippen molar-refractivity contribution in [2.24, 2.45) is 0 Å². The Labute approximate surface area is 125 Å². The fraction of sp³-hybridized carbons (Fsp3) is 0.769. The van der Waals surface area contributed by atoms with E-state index in [0.717, 1.165) is 37.4 Å². The van der Waals surface area contributed by atoms with Gasteiger partial charge in [0.2, 0.25) is 0 Å². The Balaban J connectivity index is 2.33. The first-order valence-electron chi connectivity index (χ1n) is 7.13. The monoisotopic (exact) mass is 317 g/mol. The largest absolute Gasteiger partial charge is 0.317 e. The van der Waals surface area contributed by atoms with Crippen molar-refractivity contribution in [1.29, 1.82) is 0 Å². The number of hydrogen-bond donors (Lipinski definition) is 1. The zero-order chi connectivity index (χ0) is 14.8. The maximum atomic E-state index is 12.9. The third kappa shape index (κ3) is 3.21. The number of nitrogens with zero attached hydrogens (tertiary/aromatic N) is 2. The van der Waals surface area contributed by atoms with Gasteiger partial charge >= 0.3 is 0 Å². The highest BCUT2D eigenvalue weighted by molar-refractivity contribution is 7.91. The van der Waals surface area contributed by atoms with Gasteiger partial charge in [-0.2, -0.15) is 4.31 Å². The molecule has 20 heavy (non-hydrogen) atoms. The Kier molecular flexibility index (Phi) is 5.17. The number of rotatable bonds is 5. The van der Waals surface area contributed by atoms with Gasteiger partial charge in [-0.15, -0.1) is 11.3 Å². The number of sulfonamides is 1. The molecule has 2 heterocycles. The summed E-state index contributed by atoms with van der Waals surface area (Å²) in [7, 11) is -3.41. The molecular weight excluding hydrogens is 294 g/mol. The van der Waals surface area contributed by atoms with Crippen molar-refractivity contribution in [2.45, 2.75) is 50.3 Å². The van der Waals surface area contributed by atoms with Gasteiger partial charge in [0.25, 0.3) is 10.0 Å². The lowest BCUT2D eigenvalue weighted by Crippen LogP contribution is -2.46. The summed E-state index contributed by atoms with van der Waals surface area (Å²) < 4.78 is 28.0. The van der Waals surface area contributed by atoms with E-state index in [2.05, 4.69) is 10.3 Å². The van der Waals surface area contributed by atoms with Crippen LogP contribution in [0.1, 0.15) is 36.9 Å². The van der Waals surface area contributed by atoms with Gasteiger partial charge in [0.15, 0.2) is 4.21 Å². The van der Waals surface area contributed by atoms with Crippen LogP contribution in [0.3, 0.4) is 0 Å². The number of thiazole rings is 1. The molecule has 2 rings (SSSR count). The maximum Gasteiger partial charge on any atom is 0.254 e. The fourth-order valence-corrected chi connectivity index (χ4v) is 6.05. The van der Waals surface area contributed by atoms with Crippen molar-refractivity contribution in [3.63, 3.8) is 0 Å². The third-order valence-corrected chi connectivity index (χ3v) is 7.18. The first-order valence-corrected chi connectivity index (χ1v) is 9.39. The molecule has 0 unspecified atom stereocenters. The van der Waals surface area contributed by atoms with E-state index in [1.165, 1.54) is 11.3 Å². The Morgan fingerprint density at radius 1 is 1.35 bits per heavy atom. The third-order valence-electron chi connectivity index (χ3n) is 3.56. The summed E-state index contributed by atoms with van der Waals surface area (Å²) in [4.78, 5) is 4.27. The summed E-state index contributed by atoms with van der Waals surface area (Å²) in [5.74, 6) is 0. The predicted molar refractivity (Wildman–Crippen MR) is 81.7 cm³/mol. The SMILES string of the molecule is CCCN(C1CCNCC1)S(=O)(=O)c1sc(C)nc1C. The lowest BCUT2D eigenvalue weighted by atomic mass is 10.1. The molecule has 1 fully saturated rings. The van der Waals surface area contributed by atoms with E-state index in [1.54, 1.807) is 11.2 Å². The van der Waals surface area contributed by atoms with Crippen molar-refractivity contribution >= 4 is 21.4 Å². The van der Waals surface area contributed by atoms with Crippen LogP contribution < -0.4 is 5.32 Å². The quantitative estimate of drug-likeness (QED) is 0.901. The van der Waals surface area contributed by atoms with Gasteiger partial charge in [0, 0.05) is 12.6 Å². The van der Waals surface area contributed by atoms with Gasteiger partial charge in [-0.1, -0.05) is 6.92 Å². The number of hydrogen-bond acceptors (Lipinski definition) is 5. The molecule has 1 aliphatic rings. The van der Waals surface area contributed by atoms with Crippen molar-refractivity contribution in [3.05, 3.63) is 10.7 Å². The van der Waals surface area contributed by atoms with E-state index in [-0.39, 0.29) is 6.04 Å². The first kappa shape index (κ1) is 15.9. The van der Waals surface area contributed by atoms with E-state index in [0.29, 0.717) is 16.4 Å². The van der Waals surface area contributed by atoms with E-state index in [4.69, 9.17) is 0 Å². The van der Waals surface area contributed by atoms with Crippen molar-refractivity contribution in [2.75, 3.05) is 19.6 Å². The molecule has 0 amide bonds. The summed E-state index contributed by atoms with van der Waals surface area (Å²) in [6.45, 7) is 8.02. The Hall–Kier alpha value is -0.500. The Morgan fingerprint density at radius 2 is 2.00 bits per heavy atom. The zero-order valence-corrected chi connectivity index (χ0v) is 14.0. The second kappa shape index (κ2) is 6.51. The zero-order valence-electron chi connectivity index (χ0n) is 12.3. The van der Waals surface area contributed by atoms with Crippen LogP contribution in [0.25, 0.3) is 0 Å². The van der Waals surface area contributed by atoms with Crippen LogP contribution in [0.4, 0.5) is 0 Å². The Bertz CT molecular complexity index is 548. The summed E-state index contributed by atoms with van der Waals surface area (Å²) in [6, 6.07) is 0.114. The van der Waals surface area contributed by atoms with E-state index < -0.39 is 10.0 Å². The average Bonchev–Trinajstić information content (AvgIpc) is 2.76. The van der Waals surface area contributed by atoms with Crippen LogP contribution in [0.5, 0.6) is 0 Å². The number of aromatic nitrogens is 1. The smallest absolute Gasteiger partial charge is 0.254 e. The van der Waals surface area contributed by atoms with Gasteiger partial charge in [-0.25, -0.2) is 13.4 Å². The second-order valence-corrected chi connectivity index (χ2v) is 8.49. The van der Waals surface area contributed by atoms with Crippen LogP contribution in [-0.4, -0.2) is 43.4 Å². The summed E-state index contributed by atoms with van der Waals surface area (Å²) in [5.41, 5.74) is 0.627. The molecule has 0 bridgehead atoms. The average molecular weight is 317 g/mol. The summed E-state index contributed by atoms with van der Waals surface area (Å²) >= 11 is 1.28. The van der Waals surface area contributed by atoms with Gasteiger partial charge in [0.05, 0.1) is 10.7 Å². The number of piperidine rings is 1. The second-order valence-electron chi connectivity index (χ2n) is 5.20. The topological polar surface area (TPSA) is 62.3 Å². The molecule has 1 saturated heterocycles. The molecule has 0 aliphatic carbocycles. The van der Waals surface area contributed by atoms with Gasteiger partial charge in [-0.3, -0.25) is 0 Å². The fourth-order valence-electron chi connectivity index (χ4n) is 2.67. The maximum absolute atomic E-state index is 12.9. The minimum absolute atomic E-state index is 0.114. The van der Waals surface area contributed by atoms with Gasteiger partial charge in [-0.05, 0) is 46.2 Å². The van der Waals surface area contributed by atoms with E-state index >= 15 is 0 Å². The highest BCUT2D eigenvalue weighted by Gasteiger charge is 2.34. The van der Waals surface area contributed by atoms with E-state index in [1.807, 2.05) is 13.8 Å². The summed E-state index contributed by atoms with van der Waals surface area (Å²) in [6.07, 6.45) is 2.60. The van der Waals surface area contributed by atoms with Crippen molar-refractivity contribution in [3.8, 4) is 0 Å². The molecule has 0 atom stereocenters. The normalized spacial score (nSPS) is 17.8. The Morgan fingerprint density at radius 3 is 2.50 bits per heavy atom. The molecule has 0 saturated carbocycles. The molecule has 114 valence electrons. The van der Waals surface area contributed by atoms with Crippen LogP contribution in [0.2, 0.25) is 0 Å². The van der Waals surface area contributed by atoms with Crippen LogP contribution >= 0.6 is 11.3 Å². The minimum atomic E-state index is -3.41. The van der Waals surface area contributed by atoms with Crippen molar-refractivity contribution in [1.82, 2.24) is 14.6 Å². The molecule has 1 aromatic heterocycles. The molecule has 0 radical (unpaired) electrons. The molecule has 1 N–H and O–H groups in total. The number of aryl methyl sites for hydroxylation is 2. The van der Waals surface area contributed by atoms with E-state index in [9.17, 15) is 8.42 Å². The van der Waals surface area contributed by atoms with Crippen LogP contribution in [0.15, 0.2) is 4.21 Å². The highest BCUT2D eigenvalue weighted by Crippen LogP contribution is 2.29.